The molecule has 0 atom stereocenters. The van der Waals surface area contributed by atoms with Crippen LogP contribution in [0.15, 0.2) is 41.8 Å². The first-order valence-corrected chi connectivity index (χ1v) is 9.95. The van der Waals surface area contributed by atoms with Gasteiger partial charge in [-0.05, 0) is 30.5 Å². The Kier molecular flexibility index (Phi) is 6.03. The lowest BCUT2D eigenvalue weighted by atomic mass is 10.1. The zero-order chi connectivity index (χ0) is 18.5. The molecule has 3 aromatic rings. The van der Waals surface area contributed by atoms with Gasteiger partial charge in [0.25, 0.3) is 5.91 Å². The maximum Gasteiger partial charge on any atom is 0.261 e. The van der Waals surface area contributed by atoms with Crippen molar-refractivity contribution in [1.82, 2.24) is 10.3 Å². The Balaban J connectivity index is 1.54. The molecule has 5 nitrogen and oxygen atoms in total. The molecule has 1 aromatic carbocycles. The number of carbonyl (C=O) groups is 2. The highest BCUT2D eigenvalue weighted by molar-refractivity contribution is 7.16. The van der Waals surface area contributed by atoms with Gasteiger partial charge in [0.15, 0.2) is 5.13 Å². The lowest BCUT2D eigenvalue weighted by Crippen LogP contribution is -2.27. The van der Waals surface area contributed by atoms with E-state index in [1.807, 2.05) is 42.6 Å². The van der Waals surface area contributed by atoms with Crippen LogP contribution in [0, 0.1) is 6.92 Å². The van der Waals surface area contributed by atoms with E-state index in [2.05, 4.69) is 15.6 Å². The van der Waals surface area contributed by atoms with Crippen molar-refractivity contribution in [2.75, 3.05) is 11.9 Å². The number of halogens is 1. The fourth-order valence-electron chi connectivity index (χ4n) is 2.29. The molecule has 2 N–H and O–H groups in total. The van der Waals surface area contributed by atoms with E-state index in [0.29, 0.717) is 15.0 Å². The van der Waals surface area contributed by atoms with Crippen molar-refractivity contribution in [3.8, 4) is 11.3 Å². The van der Waals surface area contributed by atoms with Gasteiger partial charge in [-0.1, -0.05) is 29.8 Å². The van der Waals surface area contributed by atoms with Crippen LogP contribution in [0.25, 0.3) is 11.3 Å². The van der Waals surface area contributed by atoms with Gasteiger partial charge in [0.2, 0.25) is 5.91 Å². The van der Waals surface area contributed by atoms with Gasteiger partial charge in [0.05, 0.1) is 10.6 Å². The minimum Gasteiger partial charge on any atom is -0.351 e. The van der Waals surface area contributed by atoms with Gasteiger partial charge in [-0.25, -0.2) is 4.98 Å². The van der Waals surface area contributed by atoms with Gasteiger partial charge in [0.1, 0.15) is 0 Å². The van der Waals surface area contributed by atoms with Crippen molar-refractivity contribution in [3.05, 3.63) is 56.6 Å². The molecule has 0 fully saturated rings. The second-order valence-electron chi connectivity index (χ2n) is 5.46. The number of nitrogens with one attached hydrogen (secondary N) is 2. The van der Waals surface area contributed by atoms with E-state index in [-0.39, 0.29) is 24.8 Å². The van der Waals surface area contributed by atoms with Gasteiger partial charge in [0, 0.05) is 28.4 Å². The first-order chi connectivity index (χ1) is 12.5. The zero-order valence-electron chi connectivity index (χ0n) is 13.9. The number of hydrogen-bond donors (Lipinski definition) is 2. The summed E-state index contributed by atoms with van der Waals surface area (Å²) in [5.74, 6) is -0.351. The highest BCUT2D eigenvalue weighted by atomic mass is 35.5. The monoisotopic (exact) mass is 405 g/mol. The Bertz CT molecular complexity index is 905. The third-order valence-corrected chi connectivity index (χ3v) is 5.55. The van der Waals surface area contributed by atoms with E-state index in [4.69, 9.17) is 11.6 Å². The third kappa shape index (κ3) is 4.69. The Morgan fingerprint density at radius 3 is 2.65 bits per heavy atom. The fraction of sp³-hybridized carbons (Fsp3) is 0.167. The van der Waals surface area contributed by atoms with Gasteiger partial charge in [-0.15, -0.1) is 22.7 Å². The smallest absolute Gasteiger partial charge is 0.261 e. The summed E-state index contributed by atoms with van der Waals surface area (Å²) < 4.78 is 0. The Morgan fingerprint density at radius 2 is 1.96 bits per heavy atom. The molecule has 8 heteroatoms. The minimum atomic E-state index is -0.187. The number of nitrogens with zero attached hydrogens (tertiary/aromatic N) is 1. The summed E-state index contributed by atoms with van der Waals surface area (Å²) in [6, 6.07) is 11.0. The largest absolute Gasteiger partial charge is 0.351 e. The number of benzene rings is 1. The molecular weight excluding hydrogens is 390 g/mol. The lowest BCUT2D eigenvalue weighted by Gasteiger charge is -2.03. The number of aryl methyl sites for hydroxylation is 1. The Morgan fingerprint density at radius 1 is 1.19 bits per heavy atom. The second-order valence-corrected chi connectivity index (χ2v) is 8.05. The van der Waals surface area contributed by atoms with E-state index in [0.717, 1.165) is 16.1 Å². The summed E-state index contributed by atoms with van der Waals surface area (Å²) in [6.45, 7) is 2.23. The topological polar surface area (TPSA) is 71.1 Å². The van der Waals surface area contributed by atoms with Crippen LogP contribution in [-0.2, 0) is 4.79 Å². The highest BCUT2D eigenvalue weighted by Crippen LogP contribution is 2.31. The molecule has 0 unspecified atom stereocenters. The van der Waals surface area contributed by atoms with E-state index >= 15 is 0 Å². The number of amides is 2. The molecule has 134 valence electrons. The molecule has 3 rings (SSSR count). The van der Waals surface area contributed by atoms with Crippen LogP contribution in [0.5, 0.6) is 0 Å². The summed E-state index contributed by atoms with van der Waals surface area (Å²) in [4.78, 5) is 30.0. The number of hydrogen-bond acceptors (Lipinski definition) is 5. The number of thiophene rings is 1. The summed E-state index contributed by atoms with van der Waals surface area (Å²) in [6.07, 6.45) is 0.187. The molecule has 2 amide bonds. The average molecular weight is 406 g/mol. The molecule has 0 saturated heterocycles. The molecular formula is C18H16ClN3O2S2. The van der Waals surface area contributed by atoms with Crippen LogP contribution in [-0.4, -0.2) is 23.3 Å². The van der Waals surface area contributed by atoms with E-state index in [1.54, 1.807) is 6.07 Å². The van der Waals surface area contributed by atoms with Crippen molar-refractivity contribution in [2.45, 2.75) is 13.3 Å². The summed E-state index contributed by atoms with van der Waals surface area (Å²) in [5.41, 5.74) is 1.78. The molecule has 0 radical (unpaired) electrons. The number of aromatic nitrogens is 1. The van der Waals surface area contributed by atoms with Gasteiger partial charge in [-0.3, -0.25) is 9.59 Å². The van der Waals surface area contributed by atoms with E-state index in [1.165, 1.54) is 22.7 Å². The van der Waals surface area contributed by atoms with Crippen LogP contribution in [0.1, 0.15) is 21.0 Å². The minimum absolute atomic E-state index is 0.164. The molecule has 0 aliphatic rings. The number of carbonyl (C=O) groups excluding carboxylic acids is 2. The van der Waals surface area contributed by atoms with Gasteiger partial charge in [-0.2, -0.15) is 0 Å². The zero-order valence-corrected chi connectivity index (χ0v) is 16.3. The van der Waals surface area contributed by atoms with Crippen molar-refractivity contribution >= 4 is 51.2 Å². The quantitative estimate of drug-likeness (QED) is 0.629. The lowest BCUT2D eigenvalue weighted by molar-refractivity contribution is -0.116. The maximum atomic E-state index is 12.1. The molecule has 2 heterocycles. The molecule has 0 aliphatic carbocycles. The van der Waals surface area contributed by atoms with Crippen LogP contribution >= 0.6 is 34.3 Å². The maximum absolute atomic E-state index is 12.1. The third-order valence-electron chi connectivity index (χ3n) is 3.54. The normalized spacial score (nSPS) is 10.5. The number of anilines is 1. The van der Waals surface area contributed by atoms with Crippen LogP contribution < -0.4 is 10.6 Å². The standard InChI is InChI=1S/C18H16ClN3O2S2/c1-11-16(12-4-6-13(19)7-5-12)22-18(26-11)21-15(23)8-9-20-17(24)14-3-2-10-25-14/h2-7,10H,8-9H2,1H3,(H,20,24)(H,21,22,23). The summed E-state index contributed by atoms with van der Waals surface area (Å²) >= 11 is 8.70. The molecule has 0 spiro atoms. The number of rotatable bonds is 6. The number of thiazole rings is 1. The van der Waals surface area contributed by atoms with Crippen LogP contribution in [0.2, 0.25) is 5.02 Å². The summed E-state index contributed by atoms with van der Waals surface area (Å²) in [7, 11) is 0. The Labute approximate surface area is 164 Å². The van der Waals surface area contributed by atoms with Gasteiger partial charge >= 0.3 is 0 Å². The SMILES string of the molecule is Cc1sc(NC(=O)CCNC(=O)c2cccs2)nc1-c1ccc(Cl)cc1. The fourth-order valence-corrected chi connectivity index (χ4v) is 3.91. The molecule has 0 saturated carbocycles. The van der Waals surface area contributed by atoms with Crippen LogP contribution in [0.3, 0.4) is 0 Å². The summed E-state index contributed by atoms with van der Waals surface area (Å²) in [5, 5.41) is 8.57. The molecule has 2 aromatic heterocycles. The predicted octanol–water partition coefficient (Wildman–Crippen LogP) is 4.59. The van der Waals surface area contributed by atoms with Crippen molar-refractivity contribution < 1.29 is 9.59 Å². The van der Waals surface area contributed by atoms with E-state index in [9.17, 15) is 9.59 Å². The molecule has 26 heavy (non-hydrogen) atoms. The van der Waals surface area contributed by atoms with Crippen molar-refractivity contribution in [3.63, 3.8) is 0 Å². The second kappa shape index (κ2) is 8.44. The van der Waals surface area contributed by atoms with E-state index < -0.39 is 0 Å². The Hall–Kier alpha value is -2.22. The average Bonchev–Trinajstić information content (AvgIpc) is 3.25. The predicted molar refractivity (Wildman–Crippen MR) is 107 cm³/mol. The highest BCUT2D eigenvalue weighted by Gasteiger charge is 2.13. The molecule has 0 aliphatic heterocycles. The first kappa shape index (κ1) is 18.6. The molecule has 0 bridgehead atoms. The van der Waals surface area contributed by atoms with Crippen LogP contribution in [0.4, 0.5) is 5.13 Å². The first-order valence-electron chi connectivity index (χ1n) is 7.88. The van der Waals surface area contributed by atoms with Crippen molar-refractivity contribution in [1.29, 1.82) is 0 Å². The van der Waals surface area contributed by atoms with Gasteiger partial charge < -0.3 is 10.6 Å². The van der Waals surface area contributed by atoms with Crippen molar-refractivity contribution in [2.24, 2.45) is 0 Å².